The third-order valence-corrected chi connectivity index (χ3v) is 3.70. The molecule has 2 aromatic rings. The van der Waals surface area contributed by atoms with E-state index in [-0.39, 0.29) is 40.4 Å². The molecule has 9 heteroatoms. The van der Waals surface area contributed by atoms with Crippen LogP contribution in [0.4, 0.5) is 5.69 Å². The summed E-state index contributed by atoms with van der Waals surface area (Å²) in [5, 5.41) is 11.4. The number of nitrogens with zero attached hydrogens (tertiary/aromatic N) is 2. The van der Waals surface area contributed by atoms with Crippen molar-refractivity contribution < 1.29 is 24.0 Å². The van der Waals surface area contributed by atoms with Crippen molar-refractivity contribution in [2.45, 2.75) is 19.8 Å². The molecule has 0 saturated carbocycles. The zero-order chi connectivity index (χ0) is 18.6. The first-order valence-corrected chi connectivity index (χ1v) is 7.84. The van der Waals surface area contributed by atoms with Gasteiger partial charge in [0.2, 0.25) is 0 Å². The smallest absolute Gasteiger partial charge is 0.324 e. The normalized spacial score (nSPS) is 10.7. The van der Waals surface area contributed by atoms with Crippen molar-refractivity contribution in [1.82, 2.24) is 4.98 Å². The van der Waals surface area contributed by atoms with E-state index in [9.17, 15) is 19.7 Å². The van der Waals surface area contributed by atoms with Gasteiger partial charge in [-0.15, -0.1) is 0 Å². The van der Waals surface area contributed by atoms with Gasteiger partial charge < -0.3 is 9.47 Å². The molecule has 0 atom stereocenters. The molecule has 2 rings (SSSR count). The third kappa shape index (κ3) is 3.69. The fourth-order valence-electron chi connectivity index (χ4n) is 2.43. The Hall–Kier alpha value is -2.74. The summed E-state index contributed by atoms with van der Waals surface area (Å²) in [4.78, 5) is 39.3. The van der Waals surface area contributed by atoms with E-state index in [1.54, 1.807) is 13.8 Å². The van der Waals surface area contributed by atoms with Crippen LogP contribution in [0.3, 0.4) is 0 Å². The molecule has 8 nitrogen and oxygen atoms in total. The number of ether oxygens (including phenoxy) is 2. The standard InChI is InChI=1S/C16H15ClN2O6/c1-3-24-15(20)13(16(21)25-4-2)12-9-6-5-7-11(19(22)23)14(9)18-8-10(12)17/h5-8,13H,3-4H2,1-2H3. The van der Waals surface area contributed by atoms with Crippen molar-refractivity contribution in [3.8, 4) is 0 Å². The molecule has 0 aliphatic rings. The Bertz CT molecular complexity index is 821. The Balaban J connectivity index is 2.75. The van der Waals surface area contributed by atoms with Crippen molar-refractivity contribution in [3.05, 3.63) is 45.1 Å². The molecule has 0 spiro atoms. The second-order valence-electron chi connectivity index (χ2n) is 4.89. The first-order chi connectivity index (χ1) is 11.9. The largest absolute Gasteiger partial charge is 0.465 e. The molecule has 0 unspecified atom stereocenters. The maximum atomic E-state index is 12.3. The molecule has 132 valence electrons. The lowest BCUT2D eigenvalue weighted by molar-refractivity contribution is -0.383. The molecule has 1 heterocycles. The summed E-state index contributed by atoms with van der Waals surface area (Å²) in [5.74, 6) is -3.15. The molecule has 1 aromatic carbocycles. The second kappa shape index (κ2) is 7.89. The molecule has 0 aliphatic heterocycles. The first kappa shape index (κ1) is 18.6. The van der Waals surface area contributed by atoms with Crippen LogP contribution in [0.1, 0.15) is 25.3 Å². The number of fused-ring (bicyclic) bond motifs is 1. The lowest BCUT2D eigenvalue weighted by atomic mass is 9.95. The van der Waals surface area contributed by atoms with E-state index in [0.29, 0.717) is 0 Å². The second-order valence-corrected chi connectivity index (χ2v) is 5.29. The number of esters is 2. The summed E-state index contributed by atoms with van der Waals surface area (Å²) >= 11 is 6.17. The molecule has 0 fully saturated rings. The van der Waals surface area contributed by atoms with Crippen LogP contribution in [0, 0.1) is 10.1 Å². The number of para-hydroxylation sites is 1. The maximum absolute atomic E-state index is 12.3. The number of carbonyl (C=O) groups is 2. The summed E-state index contributed by atoms with van der Waals surface area (Å²) in [5.41, 5.74) is -0.167. The molecule has 0 bridgehead atoms. The van der Waals surface area contributed by atoms with Gasteiger partial charge in [-0.3, -0.25) is 19.7 Å². The van der Waals surface area contributed by atoms with Gasteiger partial charge in [-0.05, 0) is 13.8 Å². The minimum absolute atomic E-state index is 0.0131. The van der Waals surface area contributed by atoms with Crippen LogP contribution in [0.2, 0.25) is 5.02 Å². The van der Waals surface area contributed by atoms with Gasteiger partial charge in [-0.25, -0.2) is 4.98 Å². The van der Waals surface area contributed by atoms with E-state index in [4.69, 9.17) is 21.1 Å². The van der Waals surface area contributed by atoms with Crippen LogP contribution >= 0.6 is 11.6 Å². The number of aromatic nitrogens is 1. The number of pyridine rings is 1. The fraction of sp³-hybridized carbons (Fsp3) is 0.312. The summed E-state index contributed by atoms with van der Waals surface area (Å²) in [6, 6.07) is 4.20. The zero-order valence-corrected chi connectivity index (χ0v) is 14.3. The summed E-state index contributed by atoms with van der Waals surface area (Å²) in [6.45, 7) is 3.29. The van der Waals surface area contributed by atoms with E-state index >= 15 is 0 Å². The van der Waals surface area contributed by atoms with Gasteiger partial charge in [0, 0.05) is 23.2 Å². The van der Waals surface area contributed by atoms with Gasteiger partial charge in [0.15, 0.2) is 5.92 Å². The highest BCUT2D eigenvalue weighted by Crippen LogP contribution is 2.36. The predicted octanol–water partition coefficient (Wildman–Crippen LogP) is 3.01. The maximum Gasteiger partial charge on any atom is 0.324 e. The number of hydrogen-bond acceptors (Lipinski definition) is 7. The topological polar surface area (TPSA) is 109 Å². The molecular formula is C16H15ClN2O6. The molecule has 25 heavy (non-hydrogen) atoms. The predicted molar refractivity (Wildman–Crippen MR) is 89.4 cm³/mol. The van der Waals surface area contributed by atoms with E-state index in [0.717, 1.165) is 6.20 Å². The average Bonchev–Trinajstić information content (AvgIpc) is 2.57. The van der Waals surface area contributed by atoms with Gasteiger partial charge in [-0.2, -0.15) is 0 Å². The van der Waals surface area contributed by atoms with E-state index in [1.165, 1.54) is 18.2 Å². The summed E-state index contributed by atoms with van der Waals surface area (Å²) in [6.07, 6.45) is 1.16. The van der Waals surface area contributed by atoms with Crippen molar-refractivity contribution in [2.24, 2.45) is 0 Å². The van der Waals surface area contributed by atoms with Crippen LogP contribution in [0.5, 0.6) is 0 Å². The monoisotopic (exact) mass is 366 g/mol. The lowest BCUT2D eigenvalue weighted by Gasteiger charge is -2.17. The number of nitro benzene ring substituents is 1. The average molecular weight is 367 g/mol. The Morgan fingerprint density at radius 3 is 2.36 bits per heavy atom. The molecule has 0 radical (unpaired) electrons. The van der Waals surface area contributed by atoms with Gasteiger partial charge in [-0.1, -0.05) is 23.7 Å². The third-order valence-electron chi connectivity index (χ3n) is 3.40. The number of halogens is 1. The molecule has 0 N–H and O–H groups in total. The minimum Gasteiger partial charge on any atom is -0.465 e. The number of nitro groups is 1. The van der Waals surface area contributed by atoms with Crippen LogP contribution in [0.25, 0.3) is 10.9 Å². The molecular weight excluding hydrogens is 352 g/mol. The van der Waals surface area contributed by atoms with Crippen LogP contribution in [0.15, 0.2) is 24.4 Å². The number of non-ortho nitro benzene ring substituents is 1. The number of benzene rings is 1. The van der Waals surface area contributed by atoms with Crippen molar-refractivity contribution in [2.75, 3.05) is 13.2 Å². The summed E-state index contributed by atoms with van der Waals surface area (Å²) in [7, 11) is 0. The van der Waals surface area contributed by atoms with Gasteiger partial charge in [0.05, 0.1) is 23.2 Å². The molecule has 1 aromatic heterocycles. The first-order valence-electron chi connectivity index (χ1n) is 7.47. The van der Waals surface area contributed by atoms with Crippen molar-refractivity contribution >= 4 is 40.1 Å². The van der Waals surface area contributed by atoms with Crippen LogP contribution in [-0.2, 0) is 19.1 Å². The van der Waals surface area contributed by atoms with Gasteiger partial charge in [0.25, 0.3) is 5.69 Å². The van der Waals surface area contributed by atoms with E-state index in [2.05, 4.69) is 4.98 Å². The van der Waals surface area contributed by atoms with E-state index in [1.807, 2.05) is 0 Å². The molecule has 0 saturated heterocycles. The number of hydrogen-bond donors (Lipinski definition) is 0. The molecule has 0 aliphatic carbocycles. The highest BCUT2D eigenvalue weighted by atomic mass is 35.5. The quantitative estimate of drug-likeness (QED) is 0.334. The van der Waals surface area contributed by atoms with Crippen LogP contribution < -0.4 is 0 Å². The zero-order valence-electron chi connectivity index (χ0n) is 13.5. The van der Waals surface area contributed by atoms with Crippen molar-refractivity contribution in [3.63, 3.8) is 0 Å². The SMILES string of the molecule is CCOC(=O)C(C(=O)OCC)c1c(Cl)cnc2c([N+](=O)[O-])cccc12. The number of carbonyl (C=O) groups excluding carboxylic acids is 2. The lowest BCUT2D eigenvalue weighted by Crippen LogP contribution is -2.27. The minimum atomic E-state index is -1.46. The van der Waals surface area contributed by atoms with Crippen molar-refractivity contribution in [1.29, 1.82) is 0 Å². The Labute approximate surface area is 147 Å². The van der Waals surface area contributed by atoms with Gasteiger partial charge in [0.1, 0.15) is 5.52 Å². The Kier molecular flexibility index (Phi) is 5.87. The molecule has 0 amide bonds. The Morgan fingerprint density at radius 1 is 1.24 bits per heavy atom. The fourth-order valence-corrected chi connectivity index (χ4v) is 2.69. The summed E-state index contributed by atoms with van der Waals surface area (Å²) < 4.78 is 9.91. The Morgan fingerprint density at radius 2 is 1.84 bits per heavy atom. The number of rotatable bonds is 6. The highest BCUT2D eigenvalue weighted by Gasteiger charge is 2.35. The van der Waals surface area contributed by atoms with Crippen LogP contribution in [-0.4, -0.2) is 35.1 Å². The van der Waals surface area contributed by atoms with E-state index < -0.39 is 22.8 Å². The highest BCUT2D eigenvalue weighted by molar-refractivity contribution is 6.33. The van der Waals surface area contributed by atoms with Gasteiger partial charge >= 0.3 is 11.9 Å².